The van der Waals surface area contributed by atoms with E-state index in [9.17, 15) is 4.79 Å². The van der Waals surface area contributed by atoms with Crippen molar-refractivity contribution in [2.45, 2.75) is 110 Å². The van der Waals surface area contributed by atoms with Crippen LogP contribution in [0.5, 0.6) is 0 Å². The minimum absolute atomic E-state index is 0.345. The Bertz CT molecular complexity index is 300. The number of nitrogens with zero attached hydrogens (tertiary/aromatic N) is 1. The summed E-state index contributed by atoms with van der Waals surface area (Å²) in [5, 5.41) is 8.52. The third kappa shape index (κ3) is 22.9. The van der Waals surface area contributed by atoms with Crippen molar-refractivity contribution in [2.75, 3.05) is 13.2 Å². The molecule has 0 amide bonds. The summed E-state index contributed by atoms with van der Waals surface area (Å²) >= 11 is 0. The molecule has 0 aliphatic carbocycles. The molecule has 25 heavy (non-hydrogen) atoms. The highest BCUT2D eigenvalue weighted by atomic mass is 16.5. The first-order chi connectivity index (χ1) is 12.3. The Morgan fingerprint density at radius 3 is 1.56 bits per heavy atom. The quantitative estimate of drug-likeness (QED) is 0.327. The summed E-state index contributed by atoms with van der Waals surface area (Å²) in [5.74, 6) is -0.653. The number of ether oxygens (including phenoxy) is 1. The van der Waals surface area contributed by atoms with Gasteiger partial charge in [-0.2, -0.15) is 0 Å². The van der Waals surface area contributed by atoms with Crippen LogP contribution in [0.3, 0.4) is 0 Å². The molecule has 0 saturated heterocycles. The van der Waals surface area contributed by atoms with Gasteiger partial charge in [0.15, 0.2) is 6.40 Å². The maximum atomic E-state index is 10.3. The number of carboxylic acids is 1. The Kier molecular flexibility index (Phi) is 20.1. The van der Waals surface area contributed by atoms with Gasteiger partial charge in [0.2, 0.25) is 0 Å². The molecule has 0 fully saturated rings. The van der Waals surface area contributed by atoms with E-state index in [1.807, 2.05) is 0 Å². The fourth-order valence-electron chi connectivity index (χ4n) is 2.91. The Hall–Kier alpha value is -1.06. The third-order valence-corrected chi connectivity index (χ3v) is 4.48. The number of aliphatic carboxylic acids is 1. The first-order valence-corrected chi connectivity index (χ1v) is 10.6. The van der Waals surface area contributed by atoms with Crippen molar-refractivity contribution in [3.05, 3.63) is 0 Å². The zero-order chi connectivity index (χ0) is 18.4. The lowest BCUT2D eigenvalue weighted by molar-refractivity contribution is -0.137. The topological polar surface area (TPSA) is 58.9 Å². The Labute approximate surface area is 155 Å². The molecule has 0 aromatic rings. The molecule has 0 bridgehead atoms. The van der Waals surface area contributed by atoms with E-state index in [0.29, 0.717) is 6.42 Å². The standard InChI is InChI=1S/C18H36O2.C3H5NO/c1-2-3-4-5-6-7-8-9-10-11-12-13-14-15-16-17-18(19)20;1-2-5-3-4-1/h2-17H2,1H3,(H,19,20);3H,1-2H2. The van der Waals surface area contributed by atoms with E-state index in [4.69, 9.17) is 5.11 Å². The average Bonchev–Trinajstić information content (AvgIpc) is 3.18. The summed E-state index contributed by atoms with van der Waals surface area (Å²) in [5.41, 5.74) is 0. The largest absolute Gasteiger partial charge is 0.482 e. The monoisotopic (exact) mass is 355 g/mol. The van der Waals surface area contributed by atoms with E-state index < -0.39 is 5.97 Å². The number of carboxylic acid groups (broad SMARTS) is 1. The lowest BCUT2D eigenvalue weighted by atomic mass is 10.0. The maximum absolute atomic E-state index is 10.3. The van der Waals surface area contributed by atoms with Crippen LogP contribution in [-0.4, -0.2) is 30.6 Å². The van der Waals surface area contributed by atoms with Crippen LogP contribution in [0.2, 0.25) is 0 Å². The van der Waals surface area contributed by atoms with Gasteiger partial charge in [0, 0.05) is 6.42 Å². The second-order valence-corrected chi connectivity index (χ2v) is 6.98. The molecule has 4 heteroatoms. The van der Waals surface area contributed by atoms with Gasteiger partial charge >= 0.3 is 5.97 Å². The molecule has 1 heterocycles. The minimum atomic E-state index is -0.653. The van der Waals surface area contributed by atoms with E-state index >= 15 is 0 Å². The Morgan fingerprint density at radius 2 is 1.28 bits per heavy atom. The highest BCUT2D eigenvalue weighted by Crippen LogP contribution is 2.13. The molecule has 0 aromatic heterocycles. The SMILES string of the molecule is C1=NCCO1.CCCCCCCCCCCCCCCCCC(=O)O. The average molecular weight is 356 g/mol. The lowest BCUT2D eigenvalue weighted by Crippen LogP contribution is -1.93. The van der Waals surface area contributed by atoms with Crippen molar-refractivity contribution in [1.29, 1.82) is 0 Å². The van der Waals surface area contributed by atoms with E-state index in [2.05, 4.69) is 16.7 Å². The molecule has 1 aliphatic heterocycles. The van der Waals surface area contributed by atoms with Crippen LogP contribution < -0.4 is 0 Å². The number of hydrogen-bond donors (Lipinski definition) is 1. The second-order valence-electron chi connectivity index (χ2n) is 6.98. The summed E-state index contributed by atoms with van der Waals surface area (Å²) in [6, 6.07) is 0. The summed E-state index contributed by atoms with van der Waals surface area (Å²) in [6.45, 7) is 3.90. The van der Waals surface area contributed by atoms with Gasteiger partial charge in [0.1, 0.15) is 6.61 Å². The molecule has 4 nitrogen and oxygen atoms in total. The maximum Gasteiger partial charge on any atom is 0.303 e. The number of aliphatic imine (C=N–C) groups is 1. The first-order valence-electron chi connectivity index (χ1n) is 10.6. The molecule has 148 valence electrons. The van der Waals surface area contributed by atoms with E-state index in [1.165, 1.54) is 89.9 Å². The number of carbonyl (C=O) groups is 1. The summed E-state index contributed by atoms with van der Waals surface area (Å²) in [7, 11) is 0. The fraction of sp³-hybridized carbons (Fsp3) is 0.905. The van der Waals surface area contributed by atoms with Gasteiger partial charge in [-0.3, -0.25) is 9.79 Å². The van der Waals surface area contributed by atoms with Crippen molar-refractivity contribution in [1.82, 2.24) is 0 Å². The molecule has 1 aliphatic rings. The van der Waals surface area contributed by atoms with E-state index in [0.717, 1.165) is 26.0 Å². The molecule has 0 spiro atoms. The summed E-state index contributed by atoms with van der Waals surface area (Å²) in [6.07, 6.45) is 21.7. The van der Waals surface area contributed by atoms with Crippen LogP contribution >= 0.6 is 0 Å². The molecule has 0 radical (unpaired) electrons. The van der Waals surface area contributed by atoms with Crippen LogP contribution in [0.4, 0.5) is 0 Å². The van der Waals surface area contributed by atoms with Gasteiger partial charge < -0.3 is 9.84 Å². The fourth-order valence-corrected chi connectivity index (χ4v) is 2.91. The molecule has 0 unspecified atom stereocenters. The Balaban J connectivity index is 0.000000972. The van der Waals surface area contributed by atoms with Gasteiger partial charge in [-0.25, -0.2) is 0 Å². The first kappa shape index (κ1) is 23.9. The van der Waals surface area contributed by atoms with Crippen molar-refractivity contribution >= 4 is 12.4 Å². The predicted molar refractivity (Wildman–Crippen MR) is 106 cm³/mol. The number of rotatable bonds is 16. The van der Waals surface area contributed by atoms with Gasteiger partial charge in [-0.15, -0.1) is 0 Å². The normalized spacial score (nSPS) is 12.5. The van der Waals surface area contributed by atoms with E-state index in [1.54, 1.807) is 0 Å². The van der Waals surface area contributed by atoms with Gasteiger partial charge in [-0.1, -0.05) is 96.8 Å². The summed E-state index contributed by atoms with van der Waals surface area (Å²) in [4.78, 5) is 14.1. The van der Waals surface area contributed by atoms with Crippen molar-refractivity contribution in [2.24, 2.45) is 4.99 Å². The van der Waals surface area contributed by atoms with Crippen molar-refractivity contribution < 1.29 is 14.6 Å². The van der Waals surface area contributed by atoms with Crippen LogP contribution in [0, 0.1) is 0 Å². The second kappa shape index (κ2) is 21.0. The highest BCUT2D eigenvalue weighted by Gasteiger charge is 1.97. The number of unbranched alkanes of at least 4 members (excludes halogenated alkanes) is 14. The molecule has 1 N–H and O–H groups in total. The van der Waals surface area contributed by atoms with Crippen LogP contribution in [0.1, 0.15) is 110 Å². The molecular weight excluding hydrogens is 314 g/mol. The Morgan fingerprint density at radius 1 is 0.840 bits per heavy atom. The molecular formula is C21H41NO3. The van der Waals surface area contributed by atoms with Gasteiger partial charge in [0.05, 0.1) is 6.54 Å². The van der Waals surface area contributed by atoms with Crippen LogP contribution in [-0.2, 0) is 9.53 Å². The number of hydrogen-bond acceptors (Lipinski definition) is 3. The molecule has 0 aromatic carbocycles. The van der Waals surface area contributed by atoms with Crippen molar-refractivity contribution in [3.8, 4) is 0 Å². The van der Waals surface area contributed by atoms with E-state index in [-0.39, 0.29) is 0 Å². The van der Waals surface area contributed by atoms with Crippen LogP contribution in [0.25, 0.3) is 0 Å². The van der Waals surface area contributed by atoms with Crippen molar-refractivity contribution in [3.63, 3.8) is 0 Å². The van der Waals surface area contributed by atoms with Gasteiger partial charge in [0.25, 0.3) is 0 Å². The summed E-state index contributed by atoms with van der Waals surface area (Å²) < 4.78 is 4.65. The highest BCUT2D eigenvalue weighted by molar-refractivity contribution is 5.66. The molecule has 0 atom stereocenters. The zero-order valence-electron chi connectivity index (χ0n) is 16.5. The zero-order valence-corrected chi connectivity index (χ0v) is 16.5. The van der Waals surface area contributed by atoms with Crippen LogP contribution in [0.15, 0.2) is 4.99 Å². The third-order valence-electron chi connectivity index (χ3n) is 4.48. The predicted octanol–water partition coefficient (Wildman–Crippen LogP) is 6.38. The minimum Gasteiger partial charge on any atom is -0.482 e. The van der Waals surface area contributed by atoms with Gasteiger partial charge in [-0.05, 0) is 6.42 Å². The molecule has 1 rings (SSSR count). The lowest BCUT2D eigenvalue weighted by Gasteiger charge is -2.03. The molecule has 0 saturated carbocycles. The smallest absolute Gasteiger partial charge is 0.303 e.